The molecular weight excluding hydrogens is 256 g/mol. The molecule has 0 fully saturated rings. The van der Waals surface area contributed by atoms with E-state index < -0.39 is 0 Å². The first-order valence-electron chi connectivity index (χ1n) is 6.36. The van der Waals surface area contributed by atoms with E-state index in [9.17, 15) is 9.59 Å². The van der Waals surface area contributed by atoms with Crippen LogP contribution in [0.25, 0.3) is 10.8 Å². The molecule has 2 aromatic rings. The molecule has 0 saturated carbocycles. The molecule has 0 bridgehead atoms. The number of ether oxygens (including phenoxy) is 2. The monoisotopic (exact) mass is 272 g/mol. The average molecular weight is 272 g/mol. The number of Topliss-reactive ketones (excluding diaryl/α,β-unsaturated/α-hetero) is 1. The van der Waals surface area contributed by atoms with E-state index in [-0.39, 0.29) is 24.8 Å². The number of esters is 1. The van der Waals surface area contributed by atoms with Crippen molar-refractivity contribution >= 4 is 22.5 Å². The van der Waals surface area contributed by atoms with Gasteiger partial charge in [-0.25, -0.2) is 0 Å². The Bertz CT molecular complexity index is 646. The van der Waals surface area contributed by atoms with Crippen LogP contribution < -0.4 is 4.74 Å². The van der Waals surface area contributed by atoms with E-state index in [2.05, 4.69) is 4.74 Å². The van der Waals surface area contributed by atoms with Gasteiger partial charge in [-0.1, -0.05) is 30.3 Å². The van der Waals surface area contributed by atoms with Crippen molar-refractivity contribution in [2.24, 2.45) is 0 Å². The quantitative estimate of drug-likeness (QED) is 0.620. The average Bonchev–Trinajstić information content (AvgIpc) is 2.46. The largest absolute Gasteiger partial charge is 0.492 e. The molecule has 0 saturated heterocycles. The first-order valence-corrected chi connectivity index (χ1v) is 6.36. The maximum absolute atomic E-state index is 11.7. The van der Waals surface area contributed by atoms with Gasteiger partial charge in [0.15, 0.2) is 5.78 Å². The molecule has 0 radical (unpaired) electrons. The van der Waals surface area contributed by atoms with E-state index in [0.29, 0.717) is 11.3 Å². The van der Waals surface area contributed by atoms with E-state index in [1.165, 1.54) is 14.0 Å². The molecule has 0 aliphatic carbocycles. The molecule has 0 unspecified atom stereocenters. The Kier molecular flexibility index (Phi) is 4.35. The molecule has 4 nitrogen and oxygen atoms in total. The van der Waals surface area contributed by atoms with Gasteiger partial charge in [0.2, 0.25) is 0 Å². The molecule has 104 valence electrons. The minimum atomic E-state index is -0.338. The number of methoxy groups -OCH3 is 1. The molecule has 0 amide bonds. The van der Waals surface area contributed by atoms with Crippen molar-refractivity contribution in [3.63, 3.8) is 0 Å². The summed E-state index contributed by atoms with van der Waals surface area (Å²) in [5.74, 6) is 0.123. The summed E-state index contributed by atoms with van der Waals surface area (Å²) < 4.78 is 10.2. The third-order valence-corrected chi connectivity index (χ3v) is 3.04. The van der Waals surface area contributed by atoms with Crippen LogP contribution in [0.15, 0.2) is 36.4 Å². The van der Waals surface area contributed by atoms with Crippen molar-refractivity contribution in [3.05, 3.63) is 42.0 Å². The second kappa shape index (κ2) is 6.19. The zero-order valence-corrected chi connectivity index (χ0v) is 11.5. The van der Waals surface area contributed by atoms with Crippen LogP contribution in [0.4, 0.5) is 0 Å². The van der Waals surface area contributed by atoms with Crippen molar-refractivity contribution < 1.29 is 19.1 Å². The number of carbonyl (C=O) groups is 2. The Hall–Kier alpha value is -2.36. The number of hydrogen-bond acceptors (Lipinski definition) is 4. The van der Waals surface area contributed by atoms with Crippen LogP contribution in [0.5, 0.6) is 5.75 Å². The van der Waals surface area contributed by atoms with Crippen LogP contribution in [0.3, 0.4) is 0 Å². The highest BCUT2D eigenvalue weighted by Gasteiger charge is 2.13. The second-order valence-electron chi connectivity index (χ2n) is 4.39. The summed E-state index contributed by atoms with van der Waals surface area (Å²) in [6.45, 7) is 1.68. The summed E-state index contributed by atoms with van der Waals surface area (Å²) in [5.41, 5.74) is 0.522. The Labute approximate surface area is 117 Å². The lowest BCUT2D eigenvalue weighted by Crippen LogP contribution is -2.09. The lowest BCUT2D eigenvalue weighted by atomic mass is 10.0. The van der Waals surface area contributed by atoms with E-state index in [1.54, 1.807) is 6.07 Å². The van der Waals surface area contributed by atoms with Gasteiger partial charge in [-0.15, -0.1) is 0 Å². The number of benzene rings is 2. The molecule has 0 atom stereocenters. The van der Waals surface area contributed by atoms with Crippen LogP contribution in [-0.4, -0.2) is 25.5 Å². The molecular formula is C16H16O4. The summed E-state index contributed by atoms with van der Waals surface area (Å²) in [4.78, 5) is 22.8. The minimum absolute atomic E-state index is 0.0659. The molecule has 0 heterocycles. The molecule has 2 rings (SSSR count). The SMILES string of the molecule is COC(=O)CCOc1c(C(C)=O)ccc2ccccc12. The minimum Gasteiger partial charge on any atom is -0.492 e. The predicted molar refractivity (Wildman–Crippen MR) is 76.1 cm³/mol. The molecule has 4 heteroatoms. The zero-order chi connectivity index (χ0) is 14.5. The summed E-state index contributed by atoms with van der Waals surface area (Å²) >= 11 is 0. The van der Waals surface area contributed by atoms with E-state index in [1.807, 2.05) is 30.3 Å². The fourth-order valence-electron chi connectivity index (χ4n) is 2.01. The highest BCUT2D eigenvalue weighted by Crippen LogP contribution is 2.30. The molecule has 2 aromatic carbocycles. The van der Waals surface area contributed by atoms with Crippen molar-refractivity contribution in [1.82, 2.24) is 0 Å². The standard InChI is InChI=1S/C16H16O4/c1-11(17)13-8-7-12-5-3-4-6-14(12)16(13)20-10-9-15(18)19-2/h3-8H,9-10H2,1-2H3. The van der Waals surface area contributed by atoms with Crippen LogP contribution in [0.1, 0.15) is 23.7 Å². The summed E-state index contributed by atoms with van der Waals surface area (Å²) in [6, 6.07) is 11.3. The summed E-state index contributed by atoms with van der Waals surface area (Å²) in [6.07, 6.45) is 0.150. The molecule has 0 N–H and O–H groups in total. The molecule has 0 aliphatic rings. The molecule has 0 spiro atoms. The first kappa shape index (κ1) is 14.1. The Morgan fingerprint density at radius 3 is 2.55 bits per heavy atom. The van der Waals surface area contributed by atoms with Crippen LogP contribution in [-0.2, 0) is 9.53 Å². The lowest BCUT2D eigenvalue weighted by Gasteiger charge is -2.12. The highest BCUT2D eigenvalue weighted by molar-refractivity contribution is 6.03. The molecule has 0 aromatic heterocycles. The van der Waals surface area contributed by atoms with Gasteiger partial charge in [0.25, 0.3) is 0 Å². The first-order chi connectivity index (χ1) is 9.63. The van der Waals surface area contributed by atoms with Gasteiger partial charge in [0.1, 0.15) is 5.75 Å². The number of ketones is 1. The number of carbonyl (C=O) groups excluding carboxylic acids is 2. The summed E-state index contributed by atoms with van der Waals surface area (Å²) in [5, 5.41) is 1.86. The van der Waals surface area contributed by atoms with Gasteiger partial charge in [-0.2, -0.15) is 0 Å². The Morgan fingerprint density at radius 2 is 1.85 bits per heavy atom. The second-order valence-corrected chi connectivity index (χ2v) is 4.39. The van der Waals surface area contributed by atoms with Crippen molar-refractivity contribution in [1.29, 1.82) is 0 Å². The van der Waals surface area contributed by atoms with Gasteiger partial charge < -0.3 is 9.47 Å². The van der Waals surface area contributed by atoms with Crippen molar-refractivity contribution in [3.8, 4) is 5.75 Å². The fourth-order valence-corrected chi connectivity index (χ4v) is 2.01. The topological polar surface area (TPSA) is 52.6 Å². The Morgan fingerprint density at radius 1 is 1.10 bits per heavy atom. The van der Waals surface area contributed by atoms with Crippen LogP contribution in [0.2, 0.25) is 0 Å². The maximum Gasteiger partial charge on any atom is 0.308 e. The molecule has 20 heavy (non-hydrogen) atoms. The van der Waals surface area contributed by atoms with Crippen molar-refractivity contribution in [2.45, 2.75) is 13.3 Å². The molecule has 0 aliphatic heterocycles. The van der Waals surface area contributed by atoms with Crippen LogP contribution in [0, 0.1) is 0 Å². The Balaban J connectivity index is 2.34. The van der Waals surface area contributed by atoms with Gasteiger partial charge in [0.05, 0.1) is 25.7 Å². The highest BCUT2D eigenvalue weighted by atomic mass is 16.5. The third kappa shape index (κ3) is 2.96. The summed E-state index contributed by atoms with van der Waals surface area (Å²) in [7, 11) is 1.33. The number of rotatable bonds is 5. The van der Waals surface area contributed by atoms with Gasteiger partial charge in [-0.3, -0.25) is 9.59 Å². The predicted octanol–water partition coefficient (Wildman–Crippen LogP) is 2.98. The van der Waals surface area contributed by atoms with Gasteiger partial charge in [0, 0.05) is 5.39 Å². The van der Waals surface area contributed by atoms with E-state index in [4.69, 9.17) is 4.74 Å². The van der Waals surface area contributed by atoms with E-state index >= 15 is 0 Å². The van der Waals surface area contributed by atoms with Gasteiger partial charge in [-0.05, 0) is 18.4 Å². The smallest absolute Gasteiger partial charge is 0.308 e. The van der Waals surface area contributed by atoms with E-state index in [0.717, 1.165) is 10.8 Å². The number of fused-ring (bicyclic) bond motifs is 1. The van der Waals surface area contributed by atoms with Gasteiger partial charge >= 0.3 is 5.97 Å². The fraction of sp³-hybridized carbons (Fsp3) is 0.250. The van der Waals surface area contributed by atoms with Crippen LogP contribution >= 0.6 is 0 Å². The number of hydrogen-bond donors (Lipinski definition) is 0. The zero-order valence-electron chi connectivity index (χ0n) is 11.5. The maximum atomic E-state index is 11.7. The van der Waals surface area contributed by atoms with Crippen molar-refractivity contribution in [2.75, 3.05) is 13.7 Å². The lowest BCUT2D eigenvalue weighted by molar-refractivity contribution is -0.141. The normalized spacial score (nSPS) is 10.3. The third-order valence-electron chi connectivity index (χ3n) is 3.04.